The number of allylic oxidation sites excluding steroid dienone is 1. The van der Waals surface area contributed by atoms with Gasteiger partial charge in [-0.15, -0.1) is 11.3 Å². The Balaban J connectivity index is 1.70. The molecule has 0 radical (unpaired) electrons. The number of hydrogen-bond acceptors (Lipinski definition) is 4. The molecule has 0 saturated carbocycles. The highest BCUT2D eigenvalue weighted by molar-refractivity contribution is 7.10. The van der Waals surface area contributed by atoms with Crippen LogP contribution >= 0.6 is 11.3 Å². The van der Waals surface area contributed by atoms with Crippen molar-refractivity contribution in [1.82, 2.24) is 9.88 Å². The van der Waals surface area contributed by atoms with E-state index in [9.17, 15) is 0 Å². The van der Waals surface area contributed by atoms with Crippen LogP contribution < -0.4 is 0 Å². The number of nitrogens with zero attached hydrogens (tertiary/aromatic N) is 3. The highest BCUT2D eigenvalue weighted by Crippen LogP contribution is 2.36. The molecule has 1 saturated heterocycles. The molecule has 0 bridgehead atoms. The number of aromatic nitrogens is 1. The van der Waals surface area contributed by atoms with Crippen LogP contribution in [0.25, 0.3) is 5.57 Å². The lowest BCUT2D eigenvalue weighted by atomic mass is 9.93. The SMILES string of the molecule is C1=NC(N2CCC2)C(c2cccs2)C=C1c1cccnc1. The Kier molecular flexibility index (Phi) is 3.41. The predicted molar refractivity (Wildman–Crippen MR) is 87.7 cm³/mol. The van der Waals surface area contributed by atoms with Gasteiger partial charge in [0.1, 0.15) is 6.17 Å². The summed E-state index contributed by atoms with van der Waals surface area (Å²) in [5, 5.41) is 2.15. The zero-order chi connectivity index (χ0) is 14.1. The summed E-state index contributed by atoms with van der Waals surface area (Å²) < 4.78 is 0. The van der Waals surface area contributed by atoms with E-state index in [1.807, 2.05) is 36.0 Å². The molecule has 0 amide bonds. The Morgan fingerprint density at radius 1 is 1.19 bits per heavy atom. The number of aliphatic imine (C=N–C) groups is 1. The number of hydrogen-bond donors (Lipinski definition) is 0. The molecule has 21 heavy (non-hydrogen) atoms. The largest absolute Gasteiger partial charge is 0.281 e. The van der Waals surface area contributed by atoms with E-state index >= 15 is 0 Å². The molecule has 106 valence electrons. The predicted octanol–water partition coefficient (Wildman–Crippen LogP) is 3.43. The maximum absolute atomic E-state index is 4.86. The summed E-state index contributed by atoms with van der Waals surface area (Å²) in [6, 6.07) is 8.43. The van der Waals surface area contributed by atoms with Gasteiger partial charge in [-0.2, -0.15) is 0 Å². The number of rotatable bonds is 3. The van der Waals surface area contributed by atoms with Crippen molar-refractivity contribution in [3.8, 4) is 0 Å². The normalized spacial score (nSPS) is 25.4. The van der Waals surface area contributed by atoms with E-state index in [1.54, 1.807) is 0 Å². The smallest absolute Gasteiger partial charge is 0.113 e. The fourth-order valence-corrected chi connectivity index (χ4v) is 3.73. The van der Waals surface area contributed by atoms with Crippen LogP contribution in [0.5, 0.6) is 0 Å². The molecule has 3 nitrogen and oxygen atoms in total. The Hall–Kier alpha value is -1.78. The Morgan fingerprint density at radius 2 is 2.14 bits per heavy atom. The van der Waals surface area contributed by atoms with Gasteiger partial charge in [-0.3, -0.25) is 14.9 Å². The van der Waals surface area contributed by atoms with Crippen LogP contribution in [-0.4, -0.2) is 35.4 Å². The second-order valence-corrected chi connectivity index (χ2v) is 6.47. The van der Waals surface area contributed by atoms with E-state index in [-0.39, 0.29) is 6.17 Å². The molecule has 4 rings (SSSR count). The average molecular weight is 295 g/mol. The fraction of sp³-hybridized carbons (Fsp3) is 0.294. The van der Waals surface area contributed by atoms with Crippen LogP contribution in [0.1, 0.15) is 22.8 Å². The molecular weight excluding hydrogens is 278 g/mol. The zero-order valence-corrected chi connectivity index (χ0v) is 12.5. The molecule has 2 unspecified atom stereocenters. The molecule has 2 aliphatic rings. The van der Waals surface area contributed by atoms with Crippen molar-refractivity contribution in [2.24, 2.45) is 4.99 Å². The molecule has 4 heterocycles. The molecule has 2 atom stereocenters. The van der Waals surface area contributed by atoms with Gasteiger partial charge in [0.2, 0.25) is 0 Å². The van der Waals surface area contributed by atoms with E-state index in [0.717, 1.165) is 5.56 Å². The minimum Gasteiger partial charge on any atom is -0.281 e. The van der Waals surface area contributed by atoms with Crippen molar-refractivity contribution < 1.29 is 0 Å². The van der Waals surface area contributed by atoms with Crippen LogP contribution in [0, 0.1) is 0 Å². The van der Waals surface area contributed by atoms with Gasteiger partial charge < -0.3 is 0 Å². The molecule has 0 aliphatic carbocycles. The maximum atomic E-state index is 4.86. The first kappa shape index (κ1) is 12.9. The van der Waals surface area contributed by atoms with Crippen molar-refractivity contribution in [1.29, 1.82) is 0 Å². The standard InChI is InChI=1S/C17H17N3S/c1-4-13(11-18-6-1)14-10-15(16-5-2-9-21-16)17(19-12-14)20-7-3-8-20/h1-2,4-6,9-12,15,17H,3,7-8H2. The average Bonchev–Trinajstić information content (AvgIpc) is 3.01. The summed E-state index contributed by atoms with van der Waals surface area (Å²) >= 11 is 1.82. The van der Waals surface area contributed by atoms with E-state index in [4.69, 9.17) is 4.99 Å². The van der Waals surface area contributed by atoms with Gasteiger partial charge in [0, 0.05) is 48.1 Å². The van der Waals surface area contributed by atoms with Crippen LogP contribution in [0.4, 0.5) is 0 Å². The lowest BCUT2D eigenvalue weighted by molar-refractivity contribution is 0.113. The van der Waals surface area contributed by atoms with Crippen molar-refractivity contribution >= 4 is 23.1 Å². The summed E-state index contributed by atoms with van der Waals surface area (Å²) in [5.41, 5.74) is 2.32. The molecule has 1 fully saturated rings. The highest BCUT2D eigenvalue weighted by atomic mass is 32.1. The number of dihydropyridines is 1. The Morgan fingerprint density at radius 3 is 2.81 bits per heavy atom. The third-order valence-electron chi connectivity index (χ3n) is 4.18. The first-order chi connectivity index (χ1) is 10.4. The van der Waals surface area contributed by atoms with E-state index in [0.29, 0.717) is 5.92 Å². The van der Waals surface area contributed by atoms with Crippen molar-refractivity contribution in [3.63, 3.8) is 0 Å². The van der Waals surface area contributed by atoms with Gasteiger partial charge in [-0.1, -0.05) is 18.2 Å². The third-order valence-corrected chi connectivity index (χ3v) is 5.15. The van der Waals surface area contributed by atoms with Gasteiger partial charge in [0.05, 0.1) is 0 Å². The monoisotopic (exact) mass is 295 g/mol. The quantitative estimate of drug-likeness (QED) is 0.868. The van der Waals surface area contributed by atoms with Crippen LogP contribution in [0.15, 0.2) is 53.1 Å². The summed E-state index contributed by atoms with van der Waals surface area (Å²) in [6.07, 6.45) is 9.65. The molecule has 2 aromatic heterocycles. The molecule has 0 N–H and O–H groups in total. The van der Waals surface area contributed by atoms with Gasteiger partial charge in [0.25, 0.3) is 0 Å². The topological polar surface area (TPSA) is 28.5 Å². The molecular formula is C17H17N3S. The van der Waals surface area contributed by atoms with Gasteiger partial charge in [-0.25, -0.2) is 0 Å². The second-order valence-electron chi connectivity index (χ2n) is 5.49. The number of thiophene rings is 1. The highest BCUT2D eigenvalue weighted by Gasteiger charge is 2.32. The minimum absolute atomic E-state index is 0.262. The second kappa shape index (κ2) is 5.54. The van der Waals surface area contributed by atoms with Crippen molar-refractivity contribution in [3.05, 3.63) is 58.6 Å². The van der Waals surface area contributed by atoms with Crippen LogP contribution in [0.2, 0.25) is 0 Å². The number of likely N-dealkylation sites (tertiary alicyclic amines) is 1. The lowest BCUT2D eigenvalue weighted by Gasteiger charge is -2.40. The molecule has 4 heteroatoms. The Bertz CT molecular complexity index is 657. The first-order valence-electron chi connectivity index (χ1n) is 7.35. The Labute approximate surface area is 128 Å². The van der Waals surface area contributed by atoms with E-state index in [1.165, 1.54) is 30.0 Å². The maximum Gasteiger partial charge on any atom is 0.113 e. The summed E-state index contributed by atoms with van der Waals surface area (Å²) in [6.45, 7) is 2.33. The van der Waals surface area contributed by atoms with Crippen molar-refractivity contribution in [2.75, 3.05) is 13.1 Å². The van der Waals surface area contributed by atoms with Crippen molar-refractivity contribution in [2.45, 2.75) is 18.5 Å². The van der Waals surface area contributed by atoms with Gasteiger partial charge in [0.15, 0.2) is 0 Å². The van der Waals surface area contributed by atoms with Gasteiger partial charge >= 0.3 is 0 Å². The van der Waals surface area contributed by atoms with E-state index in [2.05, 4.69) is 39.5 Å². The number of pyridine rings is 1. The molecule has 2 aliphatic heterocycles. The lowest BCUT2D eigenvalue weighted by Crippen LogP contribution is -2.47. The van der Waals surface area contributed by atoms with E-state index < -0.39 is 0 Å². The molecule has 0 aromatic carbocycles. The zero-order valence-electron chi connectivity index (χ0n) is 11.7. The summed E-state index contributed by atoms with van der Waals surface area (Å²) in [7, 11) is 0. The molecule has 2 aromatic rings. The third kappa shape index (κ3) is 2.45. The summed E-state index contributed by atoms with van der Waals surface area (Å²) in [5.74, 6) is 0.352. The van der Waals surface area contributed by atoms with Gasteiger partial charge in [-0.05, 0) is 29.5 Å². The van der Waals surface area contributed by atoms with Crippen LogP contribution in [0.3, 0.4) is 0 Å². The molecule has 0 spiro atoms. The fourth-order valence-electron chi connectivity index (χ4n) is 2.91. The first-order valence-corrected chi connectivity index (χ1v) is 8.22. The summed E-state index contributed by atoms with van der Waals surface area (Å²) in [4.78, 5) is 12.9. The minimum atomic E-state index is 0.262. The van der Waals surface area contributed by atoms with Crippen LogP contribution in [-0.2, 0) is 0 Å².